The van der Waals surface area contributed by atoms with Gasteiger partial charge in [-0.15, -0.1) is 0 Å². The highest BCUT2D eigenvalue weighted by molar-refractivity contribution is 5.92. The predicted molar refractivity (Wildman–Crippen MR) is 169 cm³/mol. The molecule has 4 aromatic rings. The van der Waals surface area contributed by atoms with Gasteiger partial charge in [-0.1, -0.05) is 25.0 Å². The van der Waals surface area contributed by atoms with E-state index in [2.05, 4.69) is 40.7 Å². The Hall–Kier alpha value is -4.58. The second-order valence-electron chi connectivity index (χ2n) is 11.1. The smallest absolute Gasteiger partial charge is 0.335 e. The van der Waals surface area contributed by atoms with Crippen molar-refractivity contribution < 1.29 is 45.0 Å². The summed E-state index contributed by atoms with van der Waals surface area (Å²) >= 11 is 0. The fourth-order valence-corrected chi connectivity index (χ4v) is 5.46. The molecule has 2 atom stereocenters. The highest BCUT2D eigenvalue weighted by Gasteiger charge is 2.29. The van der Waals surface area contributed by atoms with Gasteiger partial charge in [-0.25, -0.2) is 9.59 Å². The highest BCUT2D eigenvalue weighted by Crippen LogP contribution is 2.36. The van der Waals surface area contributed by atoms with Gasteiger partial charge in [-0.3, -0.25) is 4.90 Å². The number of aromatic nitrogens is 1. The maximum absolute atomic E-state index is 10.1. The summed E-state index contributed by atoms with van der Waals surface area (Å²) in [6.07, 6.45) is 0.770. The molecule has 0 spiro atoms. The van der Waals surface area contributed by atoms with Crippen LogP contribution in [0.3, 0.4) is 0 Å². The summed E-state index contributed by atoms with van der Waals surface area (Å²) in [5.74, 6) is -2.12. The minimum absolute atomic E-state index is 0.248. The number of benzene rings is 3. The minimum Gasteiger partial charge on any atom is -0.508 e. The Morgan fingerprint density at radius 2 is 1.38 bits per heavy atom. The lowest BCUT2D eigenvalue weighted by molar-refractivity contribution is -0.165. The molecule has 1 aliphatic heterocycles. The highest BCUT2D eigenvalue weighted by atomic mass is 16.5. The number of hydrogen-bond donors (Lipinski definition) is 6. The second kappa shape index (κ2) is 15.4. The number of aliphatic carboxylic acids is 2. The van der Waals surface area contributed by atoms with Crippen LogP contribution in [-0.4, -0.2) is 90.5 Å². The average molecular weight is 621 g/mol. The van der Waals surface area contributed by atoms with Gasteiger partial charge in [0.2, 0.25) is 0 Å². The molecular weight excluding hydrogens is 580 g/mol. The number of hydrogen-bond acceptors (Lipinski definition) is 8. The number of aromatic hydroxyl groups is 2. The van der Waals surface area contributed by atoms with Gasteiger partial charge in [0.05, 0.1) is 5.69 Å². The molecule has 2 unspecified atom stereocenters. The van der Waals surface area contributed by atoms with Crippen molar-refractivity contribution in [3.63, 3.8) is 0 Å². The Bertz CT molecular complexity index is 1560. The quantitative estimate of drug-likeness (QED) is 0.151. The Balaban J connectivity index is 0.000000399. The van der Waals surface area contributed by atoms with Gasteiger partial charge in [-0.05, 0) is 104 Å². The molecule has 1 aliphatic rings. The van der Waals surface area contributed by atoms with E-state index >= 15 is 0 Å². The third kappa shape index (κ3) is 8.75. The van der Waals surface area contributed by atoms with Crippen LogP contribution in [0.15, 0.2) is 66.7 Å². The van der Waals surface area contributed by atoms with E-state index in [4.69, 9.17) is 25.2 Å². The summed E-state index contributed by atoms with van der Waals surface area (Å²) in [4.78, 5) is 22.1. The minimum atomic E-state index is -2.27. The fraction of sp³-hybridized carbons (Fsp3) is 0.353. The third-order valence-electron chi connectivity index (χ3n) is 7.88. The maximum atomic E-state index is 10.1. The standard InChI is InChI=1S/C30H34N2O3.C4H6O6/c1-22-28-20-26(34)12-15-29(28)32(30(22)24-8-10-25(33)11-9-24)21-23-6-13-27(14-7-23)35-19-18-31-16-4-2-3-5-17-31;5-1(3(7)8)2(6)4(9)10/h6-15,20,33-34H,2-5,16-19,21H2,1H3;1-2,5-6H,(H,7,8)(H,9,10). The first-order chi connectivity index (χ1) is 21.5. The molecule has 6 N–H and O–H groups in total. The van der Waals surface area contributed by atoms with E-state index in [0.717, 1.165) is 46.6 Å². The van der Waals surface area contributed by atoms with E-state index < -0.39 is 24.1 Å². The molecule has 11 nitrogen and oxygen atoms in total. The molecule has 0 amide bonds. The molecule has 3 aromatic carbocycles. The zero-order valence-corrected chi connectivity index (χ0v) is 25.2. The van der Waals surface area contributed by atoms with Crippen LogP contribution in [-0.2, 0) is 16.1 Å². The fourth-order valence-electron chi connectivity index (χ4n) is 5.46. The number of phenols is 2. The first kappa shape index (κ1) is 33.3. The van der Waals surface area contributed by atoms with Crippen LogP contribution in [0.5, 0.6) is 17.2 Å². The zero-order chi connectivity index (χ0) is 32.5. The Kier molecular flexibility index (Phi) is 11.4. The van der Waals surface area contributed by atoms with Gasteiger partial charge in [-0.2, -0.15) is 0 Å². The number of carboxylic acids is 2. The number of nitrogens with zero attached hydrogens (tertiary/aromatic N) is 2. The number of carbonyl (C=O) groups is 2. The van der Waals surface area contributed by atoms with Crippen LogP contribution in [0.1, 0.15) is 36.8 Å². The summed E-state index contributed by atoms with van der Waals surface area (Å²) < 4.78 is 8.33. The van der Waals surface area contributed by atoms with Crippen molar-refractivity contribution in [2.24, 2.45) is 0 Å². The molecule has 2 heterocycles. The maximum Gasteiger partial charge on any atom is 0.335 e. The molecule has 0 bridgehead atoms. The van der Waals surface area contributed by atoms with Crippen LogP contribution < -0.4 is 4.74 Å². The second-order valence-corrected chi connectivity index (χ2v) is 11.1. The Morgan fingerprint density at radius 1 is 0.800 bits per heavy atom. The van der Waals surface area contributed by atoms with Crippen molar-refractivity contribution >= 4 is 22.8 Å². The van der Waals surface area contributed by atoms with Crippen LogP contribution >= 0.6 is 0 Å². The number of likely N-dealkylation sites (tertiary alicyclic amines) is 1. The Morgan fingerprint density at radius 3 is 1.96 bits per heavy atom. The number of carboxylic acid groups (broad SMARTS) is 2. The van der Waals surface area contributed by atoms with Crippen LogP contribution in [0.25, 0.3) is 22.2 Å². The number of aliphatic hydroxyl groups is 2. The molecule has 1 saturated heterocycles. The average Bonchev–Trinajstić information content (AvgIpc) is 3.16. The SMILES string of the molecule is Cc1c(-c2ccc(O)cc2)n(Cc2ccc(OCCN3CCCCCC3)cc2)c2ccc(O)cc12.O=C(O)C(O)C(O)C(=O)O. The van der Waals surface area contributed by atoms with Crippen LogP contribution in [0, 0.1) is 6.92 Å². The number of phenolic OH excluding ortho intramolecular Hbond substituents is 2. The zero-order valence-electron chi connectivity index (χ0n) is 25.2. The number of aliphatic hydroxyl groups excluding tert-OH is 2. The summed E-state index contributed by atoms with van der Waals surface area (Å²) in [6.45, 7) is 6.86. The number of fused-ring (bicyclic) bond motifs is 1. The first-order valence-electron chi connectivity index (χ1n) is 14.9. The van der Waals surface area contributed by atoms with E-state index in [-0.39, 0.29) is 11.5 Å². The van der Waals surface area contributed by atoms with E-state index in [1.165, 1.54) is 44.3 Å². The van der Waals surface area contributed by atoms with Crippen LogP contribution in [0.2, 0.25) is 0 Å². The molecule has 240 valence electrons. The molecule has 45 heavy (non-hydrogen) atoms. The van der Waals surface area contributed by atoms with Crippen molar-refractivity contribution in [1.29, 1.82) is 0 Å². The van der Waals surface area contributed by atoms with E-state index in [1.807, 2.05) is 24.3 Å². The lowest BCUT2D eigenvalue weighted by atomic mass is 10.1. The summed E-state index contributed by atoms with van der Waals surface area (Å²) in [5, 5.41) is 53.4. The third-order valence-corrected chi connectivity index (χ3v) is 7.88. The number of rotatable bonds is 10. The van der Waals surface area contributed by atoms with Gasteiger partial charge in [0.25, 0.3) is 0 Å². The molecular formula is C34H40N2O9. The summed E-state index contributed by atoms with van der Waals surface area (Å²) in [7, 11) is 0. The van der Waals surface area contributed by atoms with Gasteiger partial charge in [0.1, 0.15) is 23.9 Å². The normalized spacial score (nSPS) is 15.0. The number of ether oxygens (including phenoxy) is 1. The van der Waals surface area contributed by atoms with Gasteiger partial charge >= 0.3 is 11.9 Å². The monoisotopic (exact) mass is 620 g/mol. The lowest BCUT2D eigenvalue weighted by Crippen LogP contribution is -2.39. The molecule has 11 heteroatoms. The lowest BCUT2D eigenvalue weighted by Gasteiger charge is -2.19. The molecule has 0 radical (unpaired) electrons. The largest absolute Gasteiger partial charge is 0.508 e. The van der Waals surface area contributed by atoms with Gasteiger partial charge in [0.15, 0.2) is 12.2 Å². The van der Waals surface area contributed by atoms with Crippen molar-refractivity contribution in [2.45, 2.75) is 51.4 Å². The Labute approximate surface area is 261 Å². The topological polar surface area (TPSA) is 173 Å². The van der Waals surface area contributed by atoms with Crippen LogP contribution in [0.4, 0.5) is 0 Å². The summed E-state index contributed by atoms with van der Waals surface area (Å²) in [5.41, 5.74) is 5.47. The van der Waals surface area contributed by atoms with E-state index in [9.17, 15) is 19.8 Å². The summed E-state index contributed by atoms with van der Waals surface area (Å²) in [6, 6.07) is 21.2. The van der Waals surface area contributed by atoms with Gasteiger partial charge in [0, 0.05) is 24.0 Å². The molecule has 1 fully saturated rings. The molecule has 5 rings (SSSR count). The van der Waals surface area contributed by atoms with Crippen molar-refractivity contribution in [2.75, 3.05) is 26.2 Å². The van der Waals surface area contributed by atoms with Crippen molar-refractivity contribution in [3.05, 3.63) is 77.9 Å². The van der Waals surface area contributed by atoms with Crippen molar-refractivity contribution in [3.8, 4) is 28.5 Å². The van der Waals surface area contributed by atoms with Gasteiger partial charge < -0.3 is 39.9 Å². The number of aryl methyl sites for hydroxylation is 1. The molecule has 0 aliphatic carbocycles. The van der Waals surface area contributed by atoms with E-state index in [0.29, 0.717) is 6.54 Å². The van der Waals surface area contributed by atoms with E-state index in [1.54, 1.807) is 18.2 Å². The predicted octanol–water partition coefficient (Wildman–Crippen LogP) is 4.21. The first-order valence-corrected chi connectivity index (χ1v) is 14.9. The molecule has 0 saturated carbocycles. The molecule has 1 aromatic heterocycles. The van der Waals surface area contributed by atoms with Crippen molar-refractivity contribution in [1.82, 2.24) is 9.47 Å².